The predicted molar refractivity (Wildman–Crippen MR) is 72.0 cm³/mol. The summed E-state index contributed by atoms with van der Waals surface area (Å²) in [6.45, 7) is 3.24. The molecule has 0 fully saturated rings. The smallest absolute Gasteiger partial charge is 0.329 e. The molecule has 4 nitrogen and oxygen atoms in total. The van der Waals surface area contributed by atoms with Gasteiger partial charge in [0.1, 0.15) is 5.54 Å². The van der Waals surface area contributed by atoms with Crippen molar-refractivity contribution >= 4 is 23.6 Å². The molecular formula is C13H17NO3S. The average Bonchev–Trinajstić information content (AvgIpc) is 2.38. The van der Waals surface area contributed by atoms with Crippen molar-refractivity contribution in [2.45, 2.75) is 30.7 Å². The van der Waals surface area contributed by atoms with E-state index in [4.69, 9.17) is 5.11 Å². The SMILES string of the molecule is CCC(C)(NC(=O)c1ccccc1SC)C(=O)O. The van der Waals surface area contributed by atoms with E-state index in [1.54, 1.807) is 19.1 Å². The Hall–Kier alpha value is -1.49. The Balaban J connectivity index is 2.98. The fraction of sp³-hybridized carbons (Fsp3) is 0.385. The molecule has 1 amide bonds. The molecule has 18 heavy (non-hydrogen) atoms. The molecule has 0 spiro atoms. The quantitative estimate of drug-likeness (QED) is 0.804. The lowest BCUT2D eigenvalue weighted by Gasteiger charge is -2.25. The van der Waals surface area contributed by atoms with Crippen LogP contribution in [0.3, 0.4) is 0 Å². The van der Waals surface area contributed by atoms with E-state index in [0.29, 0.717) is 12.0 Å². The van der Waals surface area contributed by atoms with Gasteiger partial charge in [-0.2, -0.15) is 0 Å². The molecule has 0 aromatic heterocycles. The van der Waals surface area contributed by atoms with Gasteiger partial charge in [0.15, 0.2) is 0 Å². The summed E-state index contributed by atoms with van der Waals surface area (Å²) >= 11 is 1.46. The number of aliphatic carboxylic acids is 1. The number of carboxylic acid groups (broad SMARTS) is 1. The van der Waals surface area contributed by atoms with Gasteiger partial charge in [0, 0.05) is 4.90 Å². The van der Waals surface area contributed by atoms with Crippen LogP contribution in [0.25, 0.3) is 0 Å². The van der Waals surface area contributed by atoms with Crippen molar-refractivity contribution in [2.75, 3.05) is 6.26 Å². The van der Waals surface area contributed by atoms with Gasteiger partial charge in [-0.3, -0.25) is 4.79 Å². The molecule has 0 aliphatic rings. The van der Waals surface area contributed by atoms with Gasteiger partial charge in [-0.1, -0.05) is 19.1 Å². The van der Waals surface area contributed by atoms with E-state index >= 15 is 0 Å². The second-order valence-electron chi connectivity index (χ2n) is 4.15. The first kappa shape index (κ1) is 14.6. The van der Waals surface area contributed by atoms with E-state index in [9.17, 15) is 9.59 Å². The molecule has 0 bridgehead atoms. The highest BCUT2D eigenvalue weighted by atomic mass is 32.2. The molecule has 1 aromatic carbocycles. The largest absolute Gasteiger partial charge is 0.480 e. The number of rotatable bonds is 5. The van der Waals surface area contributed by atoms with Gasteiger partial charge in [0.05, 0.1) is 5.56 Å². The minimum absolute atomic E-state index is 0.329. The van der Waals surface area contributed by atoms with Crippen molar-refractivity contribution in [1.29, 1.82) is 0 Å². The Bertz CT molecular complexity index is 461. The van der Waals surface area contributed by atoms with Gasteiger partial charge in [-0.25, -0.2) is 4.79 Å². The molecule has 0 aliphatic carbocycles. The molecule has 1 aromatic rings. The number of carbonyl (C=O) groups is 2. The summed E-state index contributed by atoms with van der Waals surface area (Å²) in [5.74, 6) is -1.38. The van der Waals surface area contributed by atoms with Crippen molar-refractivity contribution < 1.29 is 14.7 Å². The summed E-state index contributed by atoms with van der Waals surface area (Å²) in [6.07, 6.45) is 2.21. The number of carboxylic acids is 1. The highest BCUT2D eigenvalue weighted by Crippen LogP contribution is 2.21. The Morgan fingerprint density at radius 3 is 2.50 bits per heavy atom. The van der Waals surface area contributed by atoms with Crippen molar-refractivity contribution in [2.24, 2.45) is 0 Å². The molecule has 0 heterocycles. The van der Waals surface area contributed by atoms with Crippen LogP contribution in [0.5, 0.6) is 0 Å². The summed E-state index contributed by atoms with van der Waals surface area (Å²) in [5, 5.41) is 11.7. The molecule has 5 heteroatoms. The van der Waals surface area contributed by atoms with Crippen LogP contribution in [0.15, 0.2) is 29.2 Å². The van der Waals surface area contributed by atoms with Gasteiger partial charge in [-0.15, -0.1) is 11.8 Å². The molecule has 0 saturated heterocycles. The average molecular weight is 267 g/mol. The molecule has 0 radical (unpaired) electrons. The molecule has 2 N–H and O–H groups in total. The van der Waals surface area contributed by atoms with Crippen molar-refractivity contribution in [3.63, 3.8) is 0 Å². The van der Waals surface area contributed by atoms with Crippen LogP contribution in [-0.4, -0.2) is 28.8 Å². The summed E-state index contributed by atoms with van der Waals surface area (Å²) in [7, 11) is 0. The molecule has 1 unspecified atom stereocenters. The van der Waals surface area contributed by atoms with Gasteiger partial charge in [0.2, 0.25) is 0 Å². The number of hydrogen-bond donors (Lipinski definition) is 2. The van der Waals surface area contributed by atoms with Crippen LogP contribution in [0.1, 0.15) is 30.6 Å². The maximum atomic E-state index is 12.1. The summed E-state index contributed by atoms with van der Waals surface area (Å²) < 4.78 is 0. The fourth-order valence-corrected chi connectivity index (χ4v) is 2.04. The van der Waals surface area contributed by atoms with E-state index in [-0.39, 0.29) is 5.91 Å². The second kappa shape index (κ2) is 5.91. The van der Waals surface area contributed by atoms with Crippen LogP contribution in [0, 0.1) is 0 Å². The van der Waals surface area contributed by atoms with Crippen LogP contribution in [0.4, 0.5) is 0 Å². The minimum atomic E-state index is -1.23. The zero-order chi connectivity index (χ0) is 13.8. The van der Waals surface area contributed by atoms with Gasteiger partial charge in [-0.05, 0) is 31.7 Å². The number of nitrogens with one attached hydrogen (secondary N) is 1. The van der Waals surface area contributed by atoms with E-state index < -0.39 is 11.5 Å². The van der Waals surface area contributed by atoms with E-state index in [1.165, 1.54) is 18.7 Å². The van der Waals surface area contributed by atoms with Crippen molar-refractivity contribution in [3.05, 3.63) is 29.8 Å². The fourth-order valence-electron chi connectivity index (χ4n) is 1.44. The lowest BCUT2D eigenvalue weighted by Crippen LogP contribution is -2.51. The lowest BCUT2D eigenvalue weighted by molar-refractivity contribution is -0.143. The predicted octanol–water partition coefficient (Wildman–Crippen LogP) is 2.39. The lowest BCUT2D eigenvalue weighted by atomic mass is 9.98. The maximum Gasteiger partial charge on any atom is 0.329 e. The summed E-state index contributed by atoms with van der Waals surface area (Å²) in [5.41, 5.74) is -0.728. The van der Waals surface area contributed by atoms with Gasteiger partial charge < -0.3 is 10.4 Å². The number of carbonyl (C=O) groups excluding carboxylic acids is 1. The first-order chi connectivity index (χ1) is 8.44. The Labute approximate surface area is 111 Å². The molecule has 1 rings (SSSR count). The summed E-state index contributed by atoms with van der Waals surface area (Å²) in [4.78, 5) is 24.1. The van der Waals surface area contributed by atoms with Gasteiger partial charge in [0.25, 0.3) is 5.91 Å². The Morgan fingerprint density at radius 2 is 2.00 bits per heavy atom. The number of amides is 1. The van der Waals surface area contributed by atoms with Crippen molar-refractivity contribution in [3.8, 4) is 0 Å². The third-order valence-corrected chi connectivity index (χ3v) is 3.72. The third-order valence-electron chi connectivity index (χ3n) is 2.92. The highest BCUT2D eigenvalue weighted by Gasteiger charge is 2.33. The Morgan fingerprint density at radius 1 is 1.39 bits per heavy atom. The van der Waals surface area contributed by atoms with Crippen LogP contribution in [0.2, 0.25) is 0 Å². The minimum Gasteiger partial charge on any atom is -0.480 e. The molecule has 1 atom stereocenters. The first-order valence-corrected chi connectivity index (χ1v) is 6.86. The third kappa shape index (κ3) is 3.04. The van der Waals surface area contributed by atoms with E-state index in [2.05, 4.69) is 5.32 Å². The van der Waals surface area contributed by atoms with Crippen molar-refractivity contribution in [1.82, 2.24) is 5.32 Å². The molecular weight excluding hydrogens is 250 g/mol. The number of hydrogen-bond acceptors (Lipinski definition) is 3. The Kier molecular flexibility index (Phi) is 4.78. The topological polar surface area (TPSA) is 66.4 Å². The standard InChI is InChI=1S/C13H17NO3S/c1-4-13(2,12(16)17)14-11(15)9-7-5-6-8-10(9)18-3/h5-8H,4H2,1-3H3,(H,14,15)(H,16,17). The molecule has 0 saturated carbocycles. The normalized spacial score (nSPS) is 13.7. The number of benzene rings is 1. The molecule has 98 valence electrons. The van der Waals surface area contributed by atoms with Crippen LogP contribution >= 0.6 is 11.8 Å². The zero-order valence-electron chi connectivity index (χ0n) is 10.7. The highest BCUT2D eigenvalue weighted by molar-refractivity contribution is 7.98. The summed E-state index contributed by atoms with van der Waals surface area (Å²) in [6, 6.07) is 7.14. The van der Waals surface area contributed by atoms with Crippen LogP contribution in [-0.2, 0) is 4.79 Å². The second-order valence-corrected chi connectivity index (χ2v) is 4.99. The monoisotopic (exact) mass is 267 g/mol. The first-order valence-electron chi connectivity index (χ1n) is 5.63. The van der Waals surface area contributed by atoms with E-state index in [1.807, 2.05) is 18.4 Å². The number of thioether (sulfide) groups is 1. The maximum absolute atomic E-state index is 12.1. The van der Waals surface area contributed by atoms with Gasteiger partial charge >= 0.3 is 5.97 Å². The van der Waals surface area contributed by atoms with Crippen LogP contribution < -0.4 is 5.32 Å². The zero-order valence-corrected chi connectivity index (χ0v) is 11.5. The molecule has 0 aliphatic heterocycles. The van der Waals surface area contributed by atoms with E-state index in [0.717, 1.165) is 4.90 Å².